The number of carbonyl (C=O) groups is 1. The van der Waals surface area contributed by atoms with Crippen LogP contribution in [-0.2, 0) is 6.54 Å². The number of fused-ring (bicyclic) bond motifs is 1. The van der Waals surface area contributed by atoms with Crippen LogP contribution in [0.4, 0.5) is 13.2 Å². The van der Waals surface area contributed by atoms with Crippen LogP contribution in [0.5, 0.6) is 5.75 Å². The van der Waals surface area contributed by atoms with Crippen LogP contribution in [0.2, 0.25) is 0 Å². The number of nitrogens with zero attached hydrogens (tertiary/aromatic N) is 1. The Hall–Kier alpha value is -3.09. The van der Waals surface area contributed by atoms with Crippen molar-refractivity contribution in [2.75, 3.05) is 7.11 Å². The number of ether oxygens (including phenoxy) is 1. The van der Waals surface area contributed by atoms with Gasteiger partial charge in [-0.25, -0.2) is 18.2 Å². The number of rotatable bonds is 4. The lowest BCUT2D eigenvalue weighted by molar-refractivity contribution is 0.0946. The van der Waals surface area contributed by atoms with E-state index in [-0.39, 0.29) is 17.8 Å². The van der Waals surface area contributed by atoms with E-state index in [0.29, 0.717) is 22.2 Å². The summed E-state index contributed by atoms with van der Waals surface area (Å²) in [5, 5.41) is 3.00. The number of aromatic nitrogens is 1. The predicted octanol–water partition coefficient (Wildman–Crippen LogP) is 3.90. The Bertz CT molecular complexity index is 985. The van der Waals surface area contributed by atoms with E-state index in [2.05, 4.69) is 10.3 Å². The van der Waals surface area contributed by atoms with E-state index < -0.39 is 23.4 Å². The molecule has 0 radical (unpaired) electrons. The van der Waals surface area contributed by atoms with Crippen LogP contribution in [0.1, 0.15) is 21.6 Å². The van der Waals surface area contributed by atoms with Gasteiger partial charge in [-0.05, 0) is 42.3 Å². The van der Waals surface area contributed by atoms with E-state index >= 15 is 0 Å². The highest BCUT2D eigenvalue weighted by atomic mass is 19.1. The smallest absolute Gasteiger partial charge is 0.270 e. The summed E-state index contributed by atoms with van der Waals surface area (Å²) in [5.74, 6) is -2.12. The maximum atomic E-state index is 13.6. The summed E-state index contributed by atoms with van der Waals surface area (Å²) in [6.45, 7) is 1.60. The normalized spacial score (nSPS) is 10.8. The maximum absolute atomic E-state index is 13.6. The summed E-state index contributed by atoms with van der Waals surface area (Å²) in [4.78, 5) is 16.7. The number of amides is 1. The van der Waals surface area contributed by atoms with Crippen molar-refractivity contribution in [1.82, 2.24) is 10.3 Å². The fraction of sp³-hybridized carbons (Fsp3) is 0.158. The zero-order chi connectivity index (χ0) is 18.8. The zero-order valence-electron chi connectivity index (χ0n) is 14.1. The van der Waals surface area contributed by atoms with E-state index in [1.54, 1.807) is 6.92 Å². The lowest BCUT2D eigenvalue weighted by atomic mass is 10.1. The molecular formula is C19H15F3N2O2. The molecule has 3 rings (SSSR count). The van der Waals surface area contributed by atoms with Gasteiger partial charge in [0.25, 0.3) is 5.91 Å². The topological polar surface area (TPSA) is 51.2 Å². The molecule has 0 atom stereocenters. The van der Waals surface area contributed by atoms with E-state index in [1.807, 2.05) is 0 Å². The Balaban J connectivity index is 1.90. The quantitative estimate of drug-likeness (QED) is 0.768. The second kappa shape index (κ2) is 7.03. The molecule has 1 heterocycles. The van der Waals surface area contributed by atoms with Gasteiger partial charge >= 0.3 is 0 Å². The molecular weight excluding hydrogens is 345 g/mol. The third-order valence-corrected chi connectivity index (χ3v) is 3.86. The molecule has 0 aliphatic carbocycles. The fourth-order valence-electron chi connectivity index (χ4n) is 2.70. The molecule has 4 nitrogen and oxygen atoms in total. The highest BCUT2D eigenvalue weighted by Crippen LogP contribution is 2.28. The lowest BCUT2D eigenvalue weighted by Crippen LogP contribution is -2.24. The Kier molecular flexibility index (Phi) is 4.79. The zero-order valence-corrected chi connectivity index (χ0v) is 14.1. The second-order valence-corrected chi connectivity index (χ2v) is 5.79. The highest BCUT2D eigenvalue weighted by molar-refractivity contribution is 5.97. The van der Waals surface area contributed by atoms with E-state index in [4.69, 9.17) is 4.74 Å². The highest BCUT2D eigenvalue weighted by Gasteiger charge is 2.15. The van der Waals surface area contributed by atoms with Gasteiger partial charge in [0.1, 0.15) is 28.9 Å². The number of halogens is 3. The van der Waals surface area contributed by atoms with Gasteiger partial charge in [-0.1, -0.05) is 0 Å². The van der Waals surface area contributed by atoms with Gasteiger partial charge in [0, 0.05) is 24.1 Å². The first-order chi connectivity index (χ1) is 12.4. The minimum absolute atomic E-state index is 0.0564. The van der Waals surface area contributed by atoms with E-state index in [0.717, 1.165) is 18.2 Å². The Labute approximate surface area is 147 Å². The summed E-state index contributed by atoms with van der Waals surface area (Å²) in [7, 11) is 1.41. The Morgan fingerprint density at radius 1 is 1.04 bits per heavy atom. The van der Waals surface area contributed by atoms with Gasteiger partial charge in [-0.2, -0.15) is 0 Å². The molecule has 0 fully saturated rings. The van der Waals surface area contributed by atoms with Gasteiger partial charge in [0.15, 0.2) is 0 Å². The standard InChI is InChI=1S/C19H15F3N2O2/c1-10-3-12(20)7-15-17(26-2)8-16(24-18(10)15)19(25)23-9-11-4-13(21)6-14(22)5-11/h3-8H,9H2,1-2H3,(H,23,25). The average molecular weight is 360 g/mol. The molecule has 0 unspecified atom stereocenters. The first-order valence-electron chi connectivity index (χ1n) is 7.75. The molecule has 0 bridgehead atoms. The molecule has 0 aliphatic rings. The van der Waals surface area contributed by atoms with Gasteiger partial charge in [0.05, 0.1) is 12.6 Å². The number of carbonyl (C=O) groups excluding carboxylic acids is 1. The summed E-state index contributed by atoms with van der Waals surface area (Å²) in [6, 6.07) is 7.00. The van der Waals surface area contributed by atoms with Crippen molar-refractivity contribution in [3.05, 3.63) is 70.7 Å². The van der Waals surface area contributed by atoms with Crippen molar-refractivity contribution in [3.63, 3.8) is 0 Å². The molecule has 1 aromatic heterocycles. The molecule has 0 aliphatic heterocycles. The number of benzene rings is 2. The summed E-state index contributed by atoms with van der Waals surface area (Å²) in [6.07, 6.45) is 0. The van der Waals surface area contributed by atoms with Gasteiger partial charge < -0.3 is 10.1 Å². The molecule has 3 aromatic rings. The molecule has 0 saturated carbocycles. The minimum Gasteiger partial charge on any atom is -0.496 e. The monoisotopic (exact) mass is 360 g/mol. The number of aryl methyl sites for hydroxylation is 1. The third kappa shape index (κ3) is 3.61. The van der Waals surface area contributed by atoms with Gasteiger partial charge in [-0.15, -0.1) is 0 Å². The fourth-order valence-corrected chi connectivity index (χ4v) is 2.70. The third-order valence-electron chi connectivity index (χ3n) is 3.86. The van der Waals surface area contributed by atoms with Crippen molar-refractivity contribution in [2.24, 2.45) is 0 Å². The number of pyridine rings is 1. The van der Waals surface area contributed by atoms with Crippen LogP contribution in [0.3, 0.4) is 0 Å². The molecule has 1 N–H and O–H groups in total. The van der Waals surface area contributed by atoms with Crippen molar-refractivity contribution in [1.29, 1.82) is 0 Å². The van der Waals surface area contributed by atoms with Crippen molar-refractivity contribution >= 4 is 16.8 Å². The molecule has 0 spiro atoms. The largest absolute Gasteiger partial charge is 0.496 e. The number of methoxy groups -OCH3 is 1. The molecule has 1 amide bonds. The second-order valence-electron chi connectivity index (χ2n) is 5.79. The summed E-state index contributed by atoms with van der Waals surface area (Å²) >= 11 is 0. The molecule has 7 heteroatoms. The summed E-state index contributed by atoms with van der Waals surface area (Å²) < 4.78 is 45.3. The molecule has 2 aromatic carbocycles. The molecule has 134 valence electrons. The Morgan fingerprint density at radius 3 is 2.35 bits per heavy atom. The predicted molar refractivity (Wildman–Crippen MR) is 90.5 cm³/mol. The first-order valence-corrected chi connectivity index (χ1v) is 7.75. The van der Waals surface area contributed by atoms with Crippen molar-refractivity contribution in [3.8, 4) is 5.75 Å². The van der Waals surface area contributed by atoms with Gasteiger partial charge in [-0.3, -0.25) is 4.79 Å². The molecule has 0 saturated heterocycles. The molecule has 26 heavy (non-hydrogen) atoms. The minimum atomic E-state index is -0.725. The van der Waals surface area contributed by atoms with Crippen LogP contribution in [0.25, 0.3) is 10.9 Å². The number of hydrogen-bond acceptors (Lipinski definition) is 3. The van der Waals surface area contributed by atoms with Crippen LogP contribution in [0, 0.1) is 24.4 Å². The van der Waals surface area contributed by atoms with E-state index in [9.17, 15) is 18.0 Å². The van der Waals surface area contributed by atoms with Crippen molar-refractivity contribution < 1.29 is 22.7 Å². The average Bonchev–Trinajstić information content (AvgIpc) is 2.58. The SMILES string of the molecule is COc1cc(C(=O)NCc2cc(F)cc(F)c2)nc2c(C)cc(F)cc12. The maximum Gasteiger partial charge on any atom is 0.270 e. The van der Waals surface area contributed by atoms with E-state index in [1.165, 1.54) is 25.3 Å². The summed E-state index contributed by atoms with van der Waals surface area (Å²) in [5.41, 5.74) is 1.33. The van der Waals surface area contributed by atoms with Crippen LogP contribution < -0.4 is 10.1 Å². The number of nitrogens with one attached hydrogen (secondary N) is 1. The Morgan fingerprint density at radius 2 is 1.69 bits per heavy atom. The first kappa shape index (κ1) is 17.7. The van der Waals surface area contributed by atoms with Crippen LogP contribution in [0.15, 0.2) is 36.4 Å². The lowest BCUT2D eigenvalue weighted by Gasteiger charge is -2.11. The van der Waals surface area contributed by atoms with Crippen molar-refractivity contribution in [2.45, 2.75) is 13.5 Å². The van der Waals surface area contributed by atoms with Crippen LogP contribution in [-0.4, -0.2) is 18.0 Å². The van der Waals surface area contributed by atoms with Crippen LogP contribution >= 0.6 is 0 Å². The van der Waals surface area contributed by atoms with Gasteiger partial charge in [0.2, 0.25) is 0 Å². The number of hydrogen-bond donors (Lipinski definition) is 1.